The normalized spacial score (nSPS) is 14.2. The van der Waals surface area contributed by atoms with Crippen molar-refractivity contribution in [3.05, 3.63) is 23.0 Å². The fraction of sp³-hybridized carbons (Fsp3) is 0.400. The summed E-state index contributed by atoms with van der Waals surface area (Å²) in [4.78, 5) is 3.79. The molecule has 0 bridgehead atoms. The van der Waals surface area contributed by atoms with Gasteiger partial charge in [-0.1, -0.05) is 0 Å². The van der Waals surface area contributed by atoms with Crippen LogP contribution in [0.2, 0.25) is 0 Å². The van der Waals surface area contributed by atoms with Gasteiger partial charge in [-0.2, -0.15) is 5.26 Å². The number of aromatic nitrogens is 1. The van der Waals surface area contributed by atoms with E-state index in [-0.39, 0.29) is 22.6 Å². The van der Waals surface area contributed by atoms with Crippen molar-refractivity contribution >= 4 is 0 Å². The summed E-state index contributed by atoms with van der Waals surface area (Å²) in [5.41, 5.74) is 0.352. The second kappa shape index (κ2) is 4.90. The van der Waals surface area contributed by atoms with Crippen LogP contribution in [0.25, 0.3) is 0 Å². The van der Waals surface area contributed by atoms with Crippen LogP contribution in [0.3, 0.4) is 0 Å². The van der Waals surface area contributed by atoms with Crippen molar-refractivity contribution in [3.8, 4) is 11.8 Å². The maximum absolute atomic E-state index is 9.67. The third-order valence-electron chi connectivity index (χ3n) is 2.26. The summed E-state index contributed by atoms with van der Waals surface area (Å²) in [5.74, 6) is -0.326. The number of rotatable bonds is 3. The van der Waals surface area contributed by atoms with Crippen LogP contribution in [0.15, 0.2) is 6.20 Å². The molecule has 2 atom stereocenters. The number of aromatic hydroxyl groups is 1. The Labute approximate surface area is 92.0 Å². The summed E-state index contributed by atoms with van der Waals surface area (Å²) in [5, 5.41) is 46.0. The third kappa shape index (κ3) is 2.12. The fourth-order valence-corrected chi connectivity index (χ4v) is 1.34. The summed E-state index contributed by atoms with van der Waals surface area (Å²) in [7, 11) is 0. The van der Waals surface area contributed by atoms with Crippen molar-refractivity contribution in [2.24, 2.45) is 0 Å². The van der Waals surface area contributed by atoms with Gasteiger partial charge in [-0.05, 0) is 6.92 Å². The van der Waals surface area contributed by atoms with Crippen LogP contribution in [0, 0.1) is 18.3 Å². The average molecular weight is 224 g/mol. The zero-order valence-corrected chi connectivity index (χ0v) is 8.62. The van der Waals surface area contributed by atoms with Gasteiger partial charge in [0.15, 0.2) is 6.10 Å². The van der Waals surface area contributed by atoms with Gasteiger partial charge >= 0.3 is 0 Å². The van der Waals surface area contributed by atoms with E-state index in [0.717, 1.165) is 0 Å². The van der Waals surface area contributed by atoms with Crippen LogP contribution in [0.1, 0.15) is 22.9 Å². The fourth-order valence-electron chi connectivity index (χ4n) is 1.34. The first-order valence-corrected chi connectivity index (χ1v) is 4.56. The van der Waals surface area contributed by atoms with E-state index >= 15 is 0 Å². The first-order chi connectivity index (χ1) is 7.52. The van der Waals surface area contributed by atoms with Crippen LogP contribution in [0.4, 0.5) is 0 Å². The Morgan fingerprint density at radius 3 is 2.62 bits per heavy atom. The summed E-state index contributed by atoms with van der Waals surface area (Å²) < 4.78 is 0. The Balaban J connectivity index is 3.30. The number of hydrogen-bond acceptors (Lipinski definition) is 6. The summed E-state index contributed by atoms with van der Waals surface area (Å²) in [6.45, 7) is 1.05. The molecular formula is C10H12N2O4. The number of pyridine rings is 1. The standard InChI is InChI=1S/C10H12N2O4/c1-5-9(15)8(6(4-13)3-12-5)10(16)7(14)2-11/h3,7,10,13-16H,4H2,1H3. The van der Waals surface area contributed by atoms with Crippen LogP contribution in [0.5, 0.6) is 5.75 Å². The van der Waals surface area contributed by atoms with Crippen molar-refractivity contribution in [1.29, 1.82) is 5.26 Å². The molecular weight excluding hydrogens is 212 g/mol. The first-order valence-electron chi connectivity index (χ1n) is 4.56. The van der Waals surface area contributed by atoms with E-state index in [1.165, 1.54) is 19.2 Å². The molecule has 16 heavy (non-hydrogen) atoms. The SMILES string of the molecule is Cc1ncc(CO)c(C(O)C(O)C#N)c1O. The van der Waals surface area contributed by atoms with E-state index in [1.54, 1.807) is 0 Å². The van der Waals surface area contributed by atoms with Gasteiger partial charge in [0.05, 0.1) is 18.4 Å². The average Bonchev–Trinajstić information content (AvgIpc) is 2.30. The number of aliphatic hydroxyl groups is 3. The molecule has 0 fully saturated rings. The van der Waals surface area contributed by atoms with Crippen molar-refractivity contribution in [2.45, 2.75) is 25.7 Å². The molecule has 4 N–H and O–H groups in total. The molecule has 0 aliphatic rings. The molecule has 0 saturated carbocycles. The zero-order valence-electron chi connectivity index (χ0n) is 8.62. The summed E-state index contributed by atoms with van der Waals surface area (Å²) in [6.07, 6.45) is -1.97. The molecule has 0 aliphatic carbocycles. The van der Waals surface area contributed by atoms with Gasteiger partial charge in [0.1, 0.15) is 11.9 Å². The summed E-state index contributed by atoms with van der Waals surface area (Å²) in [6, 6.07) is 1.45. The van der Waals surface area contributed by atoms with E-state index in [4.69, 9.17) is 10.4 Å². The molecule has 1 aromatic heterocycles. The van der Waals surface area contributed by atoms with Gasteiger partial charge in [-0.25, -0.2) is 0 Å². The van der Waals surface area contributed by atoms with Crippen LogP contribution in [-0.4, -0.2) is 31.5 Å². The van der Waals surface area contributed by atoms with Gasteiger partial charge in [-0.3, -0.25) is 4.98 Å². The van der Waals surface area contributed by atoms with Crippen LogP contribution < -0.4 is 0 Å². The lowest BCUT2D eigenvalue weighted by molar-refractivity contribution is 0.0494. The van der Waals surface area contributed by atoms with Crippen molar-refractivity contribution < 1.29 is 20.4 Å². The van der Waals surface area contributed by atoms with Crippen LogP contribution >= 0.6 is 0 Å². The second-order valence-corrected chi connectivity index (χ2v) is 3.31. The molecule has 0 aliphatic heterocycles. The molecule has 1 rings (SSSR count). The highest BCUT2D eigenvalue weighted by molar-refractivity contribution is 5.43. The van der Waals surface area contributed by atoms with Crippen molar-refractivity contribution in [3.63, 3.8) is 0 Å². The van der Waals surface area contributed by atoms with E-state index in [2.05, 4.69) is 4.98 Å². The molecule has 1 heterocycles. The maximum Gasteiger partial charge on any atom is 0.170 e. The number of nitrogens with zero attached hydrogens (tertiary/aromatic N) is 2. The lowest BCUT2D eigenvalue weighted by Gasteiger charge is -2.17. The zero-order chi connectivity index (χ0) is 12.3. The number of aryl methyl sites for hydroxylation is 1. The molecule has 0 aromatic carbocycles. The Hall–Kier alpha value is -1.68. The van der Waals surface area contributed by atoms with Gasteiger partial charge < -0.3 is 20.4 Å². The quantitative estimate of drug-likeness (QED) is 0.514. The second-order valence-electron chi connectivity index (χ2n) is 3.31. The third-order valence-corrected chi connectivity index (χ3v) is 2.26. The predicted octanol–water partition coefficient (Wildman–Crippen LogP) is -0.494. The van der Waals surface area contributed by atoms with Gasteiger partial charge in [-0.15, -0.1) is 0 Å². The number of nitriles is 1. The van der Waals surface area contributed by atoms with Gasteiger partial charge in [0, 0.05) is 17.3 Å². The molecule has 0 amide bonds. The number of hydrogen-bond donors (Lipinski definition) is 4. The van der Waals surface area contributed by atoms with E-state index in [1.807, 2.05) is 0 Å². The minimum atomic E-state index is -1.67. The number of aliphatic hydroxyl groups excluding tert-OH is 3. The van der Waals surface area contributed by atoms with E-state index in [9.17, 15) is 15.3 Å². The van der Waals surface area contributed by atoms with E-state index in [0.29, 0.717) is 0 Å². The largest absolute Gasteiger partial charge is 0.506 e. The minimum absolute atomic E-state index is 0.0657. The Bertz CT molecular complexity index is 428. The molecule has 0 saturated heterocycles. The highest BCUT2D eigenvalue weighted by Gasteiger charge is 2.25. The lowest BCUT2D eigenvalue weighted by Crippen LogP contribution is -2.18. The Morgan fingerprint density at radius 2 is 2.12 bits per heavy atom. The molecule has 0 radical (unpaired) electrons. The molecule has 2 unspecified atom stereocenters. The van der Waals surface area contributed by atoms with Gasteiger partial charge in [0.2, 0.25) is 0 Å². The Kier molecular flexibility index (Phi) is 3.79. The van der Waals surface area contributed by atoms with E-state index < -0.39 is 18.8 Å². The molecule has 1 aromatic rings. The highest BCUT2D eigenvalue weighted by atomic mass is 16.3. The smallest absolute Gasteiger partial charge is 0.170 e. The topological polar surface area (TPSA) is 118 Å². The highest BCUT2D eigenvalue weighted by Crippen LogP contribution is 2.31. The lowest BCUT2D eigenvalue weighted by atomic mass is 9.99. The van der Waals surface area contributed by atoms with Crippen molar-refractivity contribution in [2.75, 3.05) is 0 Å². The molecule has 6 heteroatoms. The summed E-state index contributed by atoms with van der Waals surface area (Å²) >= 11 is 0. The van der Waals surface area contributed by atoms with Crippen LogP contribution in [-0.2, 0) is 6.61 Å². The molecule has 6 nitrogen and oxygen atoms in total. The maximum atomic E-state index is 9.67. The first kappa shape index (κ1) is 12.4. The van der Waals surface area contributed by atoms with Gasteiger partial charge in [0.25, 0.3) is 0 Å². The minimum Gasteiger partial charge on any atom is -0.506 e. The van der Waals surface area contributed by atoms with Crippen molar-refractivity contribution in [1.82, 2.24) is 4.98 Å². The molecule has 86 valence electrons. The monoisotopic (exact) mass is 224 g/mol. The molecule has 0 spiro atoms. The Morgan fingerprint density at radius 1 is 1.50 bits per heavy atom. The predicted molar refractivity (Wildman–Crippen MR) is 53.1 cm³/mol.